The van der Waals surface area contributed by atoms with Crippen LogP contribution in [-0.2, 0) is 0 Å². The molecule has 72 valence electrons. The molecule has 0 bridgehead atoms. The second kappa shape index (κ2) is 3.29. The molecule has 1 aliphatic carbocycles. The van der Waals surface area contributed by atoms with E-state index < -0.39 is 0 Å². The zero-order valence-electron chi connectivity index (χ0n) is 8.54. The van der Waals surface area contributed by atoms with E-state index in [2.05, 4.69) is 32.9 Å². The van der Waals surface area contributed by atoms with Crippen LogP contribution in [0.1, 0.15) is 20.8 Å². The lowest BCUT2D eigenvalue weighted by molar-refractivity contribution is 0.359. The van der Waals surface area contributed by atoms with Gasteiger partial charge < -0.3 is 11.5 Å². The highest BCUT2D eigenvalue weighted by Gasteiger charge is 2.26. The van der Waals surface area contributed by atoms with E-state index in [0.717, 1.165) is 11.3 Å². The van der Waals surface area contributed by atoms with Crippen molar-refractivity contribution in [3.63, 3.8) is 0 Å². The zero-order valence-corrected chi connectivity index (χ0v) is 8.54. The Kier molecular flexibility index (Phi) is 2.50. The molecule has 0 heterocycles. The second-order valence-electron chi connectivity index (χ2n) is 4.19. The molecule has 1 rings (SSSR count). The van der Waals surface area contributed by atoms with Crippen molar-refractivity contribution in [1.29, 1.82) is 0 Å². The number of hydrogen-bond donors (Lipinski definition) is 2. The van der Waals surface area contributed by atoms with Crippen molar-refractivity contribution in [3.05, 3.63) is 35.7 Å². The summed E-state index contributed by atoms with van der Waals surface area (Å²) in [7, 11) is 0. The van der Waals surface area contributed by atoms with Crippen LogP contribution in [0.3, 0.4) is 0 Å². The maximum absolute atomic E-state index is 5.86. The largest absolute Gasteiger partial charge is 0.405 e. The smallest absolute Gasteiger partial charge is 0.0347 e. The molecule has 0 spiro atoms. The molecule has 0 aromatic rings. The summed E-state index contributed by atoms with van der Waals surface area (Å²) in [5.74, 6) is 0.474. The summed E-state index contributed by atoms with van der Waals surface area (Å²) in [6.07, 6.45) is 7.64. The first kappa shape index (κ1) is 9.90. The Labute approximate surface area is 80.0 Å². The average Bonchev–Trinajstić information content (AvgIpc) is 2.00. The Hall–Kier alpha value is -1.18. The van der Waals surface area contributed by atoms with Gasteiger partial charge in [-0.1, -0.05) is 32.9 Å². The third-order valence-electron chi connectivity index (χ3n) is 2.74. The molecule has 1 aliphatic rings. The van der Waals surface area contributed by atoms with Gasteiger partial charge in [0.15, 0.2) is 0 Å². The van der Waals surface area contributed by atoms with Crippen molar-refractivity contribution >= 4 is 0 Å². The second-order valence-corrected chi connectivity index (χ2v) is 4.19. The van der Waals surface area contributed by atoms with Gasteiger partial charge in [0.25, 0.3) is 0 Å². The predicted octanol–water partition coefficient (Wildman–Crippen LogP) is 1.90. The van der Waals surface area contributed by atoms with Gasteiger partial charge in [-0.15, -0.1) is 0 Å². The normalized spacial score (nSPS) is 27.2. The lowest BCUT2D eigenvalue weighted by Gasteiger charge is -2.31. The molecule has 2 heteroatoms. The first-order chi connectivity index (χ1) is 5.97. The molecule has 0 amide bonds. The first-order valence-corrected chi connectivity index (χ1v) is 4.56. The van der Waals surface area contributed by atoms with E-state index >= 15 is 0 Å². The van der Waals surface area contributed by atoms with Crippen molar-refractivity contribution in [2.45, 2.75) is 20.8 Å². The first-order valence-electron chi connectivity index (χ1n) is 4.56. The van der Waals surface area contributed by atoms with Gasteiger partial charge in [0.05, 0.1) is 0 Å². The van der Waals surface area contributed by atoms with Gasteiger partial charge in [-0.05, 0) is 29.2 Å². The Morgan fingerprint density at radius 2 is 2.08 bits per heavy atom. The lowest BCUT2D eigenvalue weighted by atomic mass is 9.74. The van der Waals surface area contributed by atoms with Gasteiger partial charge in [0.1, 0.15) is 0 Å². The molecule has 1 atom stereocenters. The van der Waals surface area contributed by atoms with Crippen molar-refractivity contribution in [2.75, 3.05) is 0 Å². The standard InChI is InChI=1S/C11H18N2/c1-8-6-10(13)9(4-5-12)7-11(8,2)3/h4-8H,12-13H2,1-3H3/b5-4-. The van der Waals surface area contributed by atoms with Crippen LogP contribution in [0.2, 0.25) is 0 Å². The average molecular weight is 178 g/mol. The molecular weight excluding hydrogens is 160 g/mol. The highest BCUT2D eigenvalue weighted by Crippen LogP contribution is 2.36. The molecule has 0 aromatic heterocycles. The molecule has 13 heavy (non-hydrogen) atoms. The van der Waals surface area contributed by atoms with Crippen molar-refractivity contribution in [2.24, 2.45) is 22.8 Å². The Bertz CT molecular complexity index is 282. The van der Waals surface area contributed by atoms with E-state index in [1.807, 2.05) is 6.08 Å². The van der Waals surface area contributed by atoms with Crippen molar-refractivity contribution < 1.29 is 0 Å². The quantitative estimate of drug-likeness (QED) is 0.644. The SMILES string of the molecule is CC1C=C(N)C(/C=C\N)=CC1(C)C. The van der Waals surface area contributed by atoms with Crippen LogP contribution in [0.4, 0.5) is 0 Å². The fourth-order valence-electron chi connectivity index (χ4n) is 1.44. The van der Waals surface area contributed by atoms with Gasteiger partial charge in [-0.25, -0.2) is 0 Å². The van der Waals surface area contributed by atoms with Crippen LogP contribution in [0.25, 0.3) is 0 Å². The van der Waals surface area contributed by atoms with E-state index in [4.69, 9.17) is 11.5 Å². The maximum atomic E-state index is 5.86. The van der Waals surface area contributed by atoms with Gasteiger partial charge in [-0.2, -0.15) is 0 Å². The summed E-state index contributed by atoms with van der Waals surface area (Å²) >= 11 is 0. The number of rotatable bonds is 1. The minimum absolute atomic E-state index is 0.164. The van der Waals surface area contributed by atoms with E-state index in [0.29, 0.717) is 5.92 Å². The fourth-order valence-corrected chi connectivity index (χ4v) is 1.44. The number of nitrogens with two attached hydrogens (primary N) is 2. The number of allylic oxidation sites excluding steroid dienone is 3. The van der Waals surface area contributed by atoms with E-state index in [-0.39, 0.29) is 5.41 Å². The predicted molar refractivity (Wildman–Crippen MR) is 56.6 cm³/mol. The van der Waals surface area contributed by atoms with E-state index in [1.165, 1.54) is 6.20 Å². The molecule has 2 nitrogen and oxygen atoms in total. The van der Waals surface area contributed by atoms with Gasteiger partial charge >= 0.3 is 0 Å². The third-order valence-corrected chi connectivity index (χ3v) is 2.74. The van der Waals surface area contributed by atoms with Gasteiger partial charge in [0, 0.05) is 5.70 Å². The highest BCUT2D eigenvalue weighted by molar-refractivity contribution is 5.42. The summed E-state index contributed by atoms with van der Waals surface area (Å²) in [6.45, 7) is 6.57. The summed E-state index contributed by atoms with van der Waals surface area (Å²) in [5, 5.41) is 0. The van der Waals surface area contributed by atoms with E-state index in [1.54, 1.807) is 0 Å². The maximum Gasteiger partial charge on any atom is 0.0347 e. The molecule has 4 N–H and O–H groups in total. The molecule has 0 saturated heterocycles. The van der Waals surface area contributed by atoms with Gasteiger partial charge in [0.2, 0.25) is 0 Å². The minimum Gasteiger partial charge on any atom is -0.405 e. The van der Waals surface area contributed by atoms with E-state index in [9.17, 15) is 0 Å². The molecule has 0 saturated carbocycles. The summed E-state index contributed by atoms with van der Waals surface area (Å²) in [5.41, 5.74) is 13.2. The summed E-state index contributed by atoms with van der Waals surface area (Å²) < 4.78 is 0. The lowest BCUT2D eigenvalue weighted by Crippen LogP contribution is -2.23. The van der Waals surface area contributed by atoms with Crippen molar-refractivity contribution in [3.8, 4) is 0 Å². The Morgan fingerprint density at radius 1 is 1.46 bits per heavy atom. The zero-order chi connectivity index (χ0) is 10.1. The van der Waals surface area contributed by atoms with Crippen LogP contribution in [0.15, 0.2) is 35.7 Å². The third kappa shape index (κ3) is 1.94. The highest BCUT2D eigenvalue weighted by atomic mass is 14.6. The van der Waals surface area contributed by atoms with Crippen LogP contribution >= 0.6 is 0 Å². The summed E-state index contributed by atoms with van der Waals surface area (Å²) in [6, 6.07) is 0. The molecule has 0 radical (unpaired) electrons. The van der Waals surface area contributed by atoms with Crippen LogP contribution < -0.4 is 11.5 Å². The number of hydrogen-bond acceptors (Lipinski definition) is 2. The monoisotopic (exact) mass is 178 g/mol. The van der Waals surface area contributed by atoms with Crippen molar-refractivity contribution in [1.82, 2.24) is 0 Å². The molecule has 0 aliphatic heterocycles. The van der Waals surface area contributed by atoms with Gasteiger partial charge in [-0.3, -0.25) is 0 Å². The molecule has 0 fully saturated rings. The molecule has 0 aromatic carbocycles. The fraction of sp³-hybridized carbons (Fsp3) is 0.455. The Balaban J connectivity index is 3.03. The molecule has 1 unspecified atom stereocenters. The topological polar surface area (TPSA) is 52.0 Å². The summed E-state index contributed by atoms with van der Waals surface area (Å²) in [4.78, 5) is 0. The minimum atomic E-state index is 0.164. The van der Waals surface area contributed by atoms with Crippen LogP contribution in [0, 0.1) is 11.3 Å². The van der Waals surface area contributed by atoms with Crippen LogP contribution in [-0.4, -0.2) is 0 Å². The van der Waals surface area contributed by atoms with Crippen LogP contribution in [0.5, 0.6) is 0 Å². The molecular formula is C11H18N2. The Morgan fingerprint density at radius 3 is 2.62 bits per heavy atom.